The highest BCUT2D eigenvalue weighted by Gasteiger charge is 2.11. The highest BCUT2D eigenvalue weighted by atomic mass is 19.1. The van der Waals surface area contributed by atoms with Gasteiger partial charge in [0.2, 0.25) is 5.91 Å². The fraction of sp³-hybridized carbons (Fsp3) is 0.500. The summed E-state index contributed by atoms with van der Waals surface area (Å²) in [5.41, 5.74) is 6.39. The average molecular weight is 268 g/mol. The van der Waals surface area contributed by atoms with Crippen LogP contribution < -0.4 is 11.1 Å². The lowest BCUT2D eigenvalue weighted by atomic mass is 9.93. The molecular formula is C14H21FN2O2. The molecule has 0 spiro atoms. The molecular weight excluding hydrogens is 247 g/mol. The predicted octanol–water partition coefficient (Wildman–Crippen LogP) is 2.80. The number of ether oxygens (including phenoxy) is 1. The fourth-order valence-corrected chi connectivity index (χ4v) is 1.37. The summed E-state index contributed by atoms with van der Waals surface area (Å²) < 4.78 is 18.3. The van der Waals surface area contributed by atoms with Crippen LogP contribution in [0.3, 0.4) is 0 Å². The first kappa shape index (κ1) is 15.4. The number of nitrogens with two attached hydrogens (primary N) is 1. The zero-order valence-corrected chi connectivity index (χ0v) is 11.6. The number of rotatable bonds is 5. The Hall–Kier alpha value is -1.62. The highest BCUT2D eigenvalue weighted by molar-refractivity contribution is 5.94. The molecule has 0 atom stereocenters. The van der Waals surface area contributed by atoms with Gasteiger partial charge in [-0.1, -0.05) is 20.8 Å². The third kappa shape index (κ3) is 6.20. The number of halogens is 1. The minimum absolute atomic E-state index is 0.0635. The van der Waals surface area contributed by atoms with Gasteiger partial charge in [-0.2, -0.15) is 0 Å². The van der Waals surface area contributed by atoms with Crippen LogP contribution in [0, 0.1) is 11.2 Å². The van der Waals surface area contributed by atoms with Crippen molar-refractivity contribution in [1.29, 1.82) is 0 Å². The van der Waals surface area contributed by atoms with Gasteiger partial charge in [0.1, 0.15) is 12.4 Å². The van der Waals surface area contributed by atoms with Crippen molar-refractivity contribution in [3.63, 3.8) is 0 Å². The van der Waals surface area contributed by atoms with Crippen LogP contribution in [0.2, 0.25) is 0 Å². The Kier molecular flexibility index (Phi) is 5.30. The van der Waals surface area contributed by atoms with E-state index in [2.05, 4.69) is 26.1 Å². The van der Waals surface area contributed by atoms with Crippen molar-refractivity contribution in [2.24, 2.45) is 5.41 Å². The summed E-state index contributed by atoms with van der Waals surface area (Å²) in [6, 6.07) is 3.83. The number of carbonyl (C=O) groups is 1. The predicted molar refractivity (Wildman–Crippen MR) is 74.3 cm³/mol. The van der Waals surface area contributed by atoms with E-state index in [0.717, 1.165) is 6.42 Å². The molecule has 0 aliphatic rings. The molecule has 1 rings (SSSR count). The van der Waals surface area contributed by atoms with Gasteiger partial charge in [-0.15, -0.1) is 0 Å². The normalized spacial score (nSPS) is 11.4. The van der Waals surface area contributed by atoms with Gasteiger partial charge in [0.15, 0.2) is 0 Å². The van der Waals surface area contributed by atoms with Crippen LogP contribution in [0.1, 0.15) is 27.2 Å². The Balaban J connectivity index is 2.37. The Morgan fingerprint density at radius 1 is 1.42 bits per heavy atom. The van der Waals surface area contributed by atoms with Crippen molar-refractivity contribution in [3.05, 3.63) is 24.0 Å². The van der Waals surface area contributed by atoms with Gasteiger partial charge in [-0.25, -0.2) is 4.39 Å². The summed E-state index contributed by atoms with van der Waals surface area (Å²) in [7, 11) is 0. The topological polar surface area (TPSA) is 64.3 Å². The number of benzene rings is 1. The second-order valence-corrected chi connectivity index (χ2v) is 5.64. The quantitative estimate of drug-likeness (QED) is 0.637. The molecule has 0 radical (unpaired) electrons. The average Bonchev–Trinajstić information content (AvgIpc) is 2.28. The van der Waals surface area contributed by atoms with Crippen LogP contribution in [-0.4, -0.2) is 19.1 Å². The molecule has 0 saturated heterocycles. The van der Waals surface area contributed by atoms with E-state index in [1.54, 1.807) is 0 Å². The largest absolute Gasteiger partial charge is 0.397 e. The minimum atomic E-state index is -0.446. The number of anilines is 2. The maximum atomic E-state index is 13.0. The van der Waals surface area contributed by atoms with Crippen LogP contribution in [0.5, 0.6) is 0 Å². The summed E-state index contributed by atoms with van der Waals surface area (Å²) >= 11 is 0. The Morgan fingerprint density at radius 3 is 2.74 bits per heavy atom. The molecule has 0 saturated carbocycles. The maximum Gasteiger partial charge on any atom is 0.250 e. The van der Waals surface area contributed by atoms with E-state index >= 15 is 0 Å². The molecule has 0 bridgehead atoms. The first-order valence-corrected chi connectivity index (χ1v) is 6.20. The van der Waals surface area contributed by atoms with E-state index in [1.165, 1.54) is 18.2 Å². The van der Waals surface area contributed by atoms with Gasteiger partial charge in [0.25, 0.3) is 0 Å². The molecule has 0 aromatic heterocycles. The van der Waals surface area contributed by atoms with Crippen LogP contribution in [0.15, 0.2) is 18.2 Å². The zero-order chi connectivity index (χ0) is 14.5. The monoisotopic (exact) mass is 268 g/mol. The van der Waals surface area contributed by atoms with Crippen molar-refractivity contribution in [2.45, 2.75) is 27.2 Å². The summed E-state index contributed by atoms with van der Waals surface area (Å²) in [6.45, 7) is 6.75. The Labute approximate surface area is 113 Å². The molecule has 1 aromatic carbocycles. The number of hydrogen-bond acceptors (Lipinski definition) is 3. The summed E-state index contributed by atoms with van der Waals surface area (Å²) in [5.74, 6) is -0.788. The molecule has 0 aliphatic heterocycles. The van der Waals surface area contributed by atoms with Gasteiger partial charge in [0.05, 0.1) is 11.4 Å². The van der Waals surface area contributed by atoms with E-state index in [-0.39, 0.29) is 23.6 Å². The zero-order valence-electron chi connectivity index (χ0n) is 11.6. The van der Waals surface area contributed by atoms with E-state index in [0.29, 0.717) is 12.3 Å². The lowest BCUT2D eigenvalue weighted by molar-refractivity contribution is -0.120. The fourth-order valence-electron chi connectivity index (χ4n) is 1.37. The van der Waals surface area contributed by atoms with Crippen molar-refractivity contribution in [1.82, 2.24) is 0 Å². The summed E-state index contributed by atoms with van der Waals surface area (Å²) in [5, 5.41) is 2.52. The van der Waals surface area contributed by atoms with Crippen molar-refractivity contribution in [3.8, 4) is 0 Å². The van der Waals surface area contributed by atoms with E-state index in [1.807, 2.05) is 0 Å². The number of carbonyl (C=O) groups excluding carboxylic acids is 1. The third-order valence-corrected chi connectivity index (χ3v) is 2.52. The lowest BCUT2D eigenvalue weighted by Crippen LogP contribution is -2.20. The number of hydrogen-bond donors (Lipinski definition) is 2. The number of nitrogens with one attached hydrogen (secondary N) is 1. The smallest absolute Gasteiger partial charge is 0.250 e. The summed E-state index contributed by atoms with van der Waals surface area (Å²) in [6.07, 6.45) is 0.863. The Morgan fingerprint density at radius 2 is 2.11 bits per heavy atom. The van der Waals surface area contributed by atoms with Crippen LogP contribution >= 0.6 is 0 Å². The van der Waals surface area contributed by atoms with Crippen LogP contribution in [0.4, 0.5) is 15.8 Å². The van der Waals surface area contributed by atoms with E-state index in [9.17, 15) is 9.18 Å². The van der Waals surface area contributed by atoms with Gasteiger partial charge in [-0.3, -0.25) is 4.79 Å². The molecule has 4 nitrogen and oxygen atoms in total. The Bertz CT molecular complexity index is 442. The molecule has 106 valence electrons. The standard InChI is InChI=1S/C14H21FN2O2/c1-14(2,3)6-7-19-9-13(18)17-12-8-10(15)4-5-11(12)16/h4-5,8H,6-7,9,16H2,1-3H3,(H,17,18). The highest BCUT2D eigenvalue weighted by Crippen LogP contribution is 2.19. The number of nitrogen functional groups attached to an aromatic ring is 1. The van der Waals surface area contributed by atoms with Crippen molar-refractivity contribution >= 4 is 17.3 Å². The van der Waals surface area contributed by atoms with Crippen molar-refractivity contribution in [2.75, 3.05) is 24.3 Å². The third-order valence-electron chi connectivity index (χ3n) is 2.52. The first-order valence-electron chi connectivity index (χ1n) is 6.20. The minimum Gasteiger partial charge on any atom is -0.397 e. The van der Waals surface area contributed by atoms with E-state index in [4.69, 9.17) is 10.5 Å². The van der Waals surface area contributed by atoms with Crippen molar-refractivity contribution < 1.29 is 13.9 Å². The molecule has 0 aliphatic carbocycles. The lowest BCUT2D eigenvalue weighted by Gasteiger charge is -2.17. The number of amides is 1. The molecule has 3 N–H and O–H groups in total. The first-order chi connectivity index (χ1) is 8.78. The van der Waals surface area contributed by atoms with Gasteiger partial charge >= 0.3 is 0 Å². The van der Waals surface area contributed by atoms with Crippen LogP contribution in [0.25, 0.3) is 0 Å². The molecule has 0 unspecified atom stereocenters. The van der Waals surface area contributed by atoms with Gasteiger partial charge in [-0.05, 0) is 30.0 Å². The summed E-state index contributed by atoms with van der Waals surface area (Å²) in [4.78, 5) is 11.6. The van der Waals surface area contributed by atoms with Gasteiger partial charge in [0, 0.05) is 6.61 Å². The second-order valence-electron chi connectivity index (χ2n) is 5.64. The second kappa shape index (κ2) is 6.52. The molecule has 1 aromatic rings. The van der Waals surface area contributed by atoms with Gasteiger partial charge < -0.3 is 15.8 Å². The molecule has 5 heteroatoms. The molecule has 0 heterocycles. The SMILES string of the molecule is CC(C)(C)CCOCC(=O)Nc1cc(F)ccc1N. The molecule has 1 amide bonds. The molecule has 0 fully saturated rings. The molecule has 19 heavy (non-hydrogen) atoms. The maximum absolute atomic E-state index is 13.0. The van der Waals surface area contributed by atoms with E-state index < -0.39 is 5.82 Å². The van der Waals surface area contributed by atoms with Crippen LogP contribution in [-0.2, 0) is 9.53 Å².